The van der Waals surface area contributed by atoms with Gasteiger partial charge >= 0.3 is 0 Å². The molecule has 5 N–H and O–H groups in total. The molecule has 7 aliphatic rings. The Bertz CT molecular complexity index is 1680. The van der Waals surface area contributed by atoms with Crippen LogP contribution in [0.2, 0.25) is 0 Å². The van der Waals surface area contributed by atoms with Crippen LogP contribution in [0.3, 0.4) is 0 Å². The van der Waals surface area contributed by atoms with E-state index in [1.807, 2.05) is 19.9 Å². The second-order valence-corrected chi connectivity index (χ2v) is 20.0. The number of carboxylic acids is 3. The zero-order valence-corrected chi connectivity index (χ0v) is 33.3. The number of ketones is 1. The highest BCUT2D eigenvalue weighted by Crippen LogP contribution is 2.71. The fraction of sp³-hybridized carbons (Fsp3) is 0.854. The maximum atomic E-state index is 14.6. The van der Waals surface area contributed by atoms with Gasteiger partial charge in [0, 0.05) is 17.3 Å². The number of aliphatic carboxylic acids is 3. The summed E-state index contributed by atoms with van der Waals surface area (Å²) in [6.45, 7) is 12.4. The van der Waals surface area contributed by atoms with E-state index in [2.05, 4.69) is 20.8 Å². The van der Waals surface area contributed by atoms with Crippen molar-refractivity contribution in [2.75, 3.05) is 0 Å². The Labute approximate surface area is 331 Å². The molecule has 19 atom stereocenters. The number of rotatable bonds is 7. The number of carbonyl (C=O) groups is 4. The van der Waals surface area contributed by atoms with Crippen molar-refractivity contribution in [1.82, 2.24) is 0 Å². The molecule has 0 aromatic carbocycles. The van der Waals surface area contributed by atoms with Crippen molar-refractivity contribution in [2.24, 2.45) is 50.7 Å². The van der Waals surface area contributed by atoms with Gasteiger partial charge < -0.3 is 74.2 Å². The zero-order chi connectivity index (χ0) is 41.9. The molecule has 0 bridgehead atoms. The van der Waals surface area contributed by atoms with Crippen LogP contribution >= 0.6 is 0 Å². The number of aliphatic hydroxyl groups is 5. The molecule has 3 unspecified atom stereocenters. The molecule has 16 nitrogen and oxygen atoms in total. The molecule has 5 aliphatic carbocycles. The van der Waals surface area contributed by atoms with Gasteiger partial charge in [0.2, 0.25) is 0 Å². The first-order valence-electron chi connectivity index (χ1n) is 20.3. The van der Waals surface area contributed by atoms with Gasteiger partial charge in [-0.05, 0) is 103 Å². The van der Waals surface area contributed by atoms with E-state index in [9.17, 15) is 60.0 Å². The van der Waals surface area contributed by atoms with Gasteiger partial charge in [0.1, 0.15) is 48.8 Å². The van der Waals surface area contributed by atoms with Gasteiger partial charge in [0.05, 0.1) is 18.0 Å². The lowest BCUT2D eigenvalue weighted by Gasteiger charge is -2.67. The van der Waals surface area contributed by atoms with E-state index in [0.29, 0.717) is 25.7 Å². The molecule has 2 saturated heterocycles. The van der Waals surface area contributed by atoms with Crippen LogP contribution in [0, 0.1) is 50.7 Å². The summed E-state index contributed by atoms with van der Waals surface area (Å²) >= 11 is 0. The average molecular weight is 806 g/mol. The second-order valence-electron chi connectivity index (χ2n) is 20.0. The first kappa shape index (κ1) is 42.6. The second kappa shape index (κ2) is 14.3. The standard InChI is InChI=1S/C41H60O16/c1-37(2)21-8-11-40(5)18-7-10-38(3)13-14-39(4,36(52)53)16-19(38)17(18)15-20(42)31(40)41(21,6)12-9-22(37)54-34-27(47)25(45)28(30(57-34)33(50)51)55-35-26(46)23(43)24(44)29(56-35)32(48)49/h15,18-19,21-31,34-35,43-47H,7-14,16H2,1-6H3,(H,48,49)(H,50,51)(H,52,53)/p-3/t18?,19-,21?,22-,23-,24-,25+,26+,27+,28-,29-,30-,31?,34+,35+,38-,39-,40-,41-/m0/s1. The van der Waals surface area contributed by atoms with E-state index in [0.717, 1.165) is 37.7 Å². The van der Waals surface area contributed by atoms with Gasteiger partial charge in [0.15, 0.2) is 18.4 Å². The molecule has 2 heterocycles. The van der Waals surface area contributed by atoms with Crippen molar-refractivity contribution in [3.05, 3.63) is 11.6 Å². The third-order valence-corrected chi connectivity index (χ3v) is 16.4. The van der Waals surface area contributed by atoms with Crippen molar-refractivity contribution in [3.63, 3.8) is 0 Å². The summed E-state index contributed by atoms with van der Waals surface area (Å²) in [5.41, 5.74) is -1.42. The molecule has 0 aromatic rings. The number of ether oxygens (including phenoxy) is 4. The van der Waals surface area contributed by atoms with E-state index in [1.54, 1.807) is 6.92 Å². The van der Waals surface area contributed by atoms with Crippen molar-refractivity contribution < 1.29 is 79.0 Å². The lowest BCUT2D eigenvalue weighted by atomic mass is 9.37. The maximum Gasteiger partial charge on any atom is 0.187 e. The summed E-state index contributed by atoms with van der Waals surface area (Å²) in [7, 11) is 0. The van der Waals surface area contributed by atoms with Crippen molar-refractivity contribution in [2.45, 2.75) is 167 Å². The minimum Gasteiger partial charge on any atom is -0.550 e. The van der Waals surface area contributed by atoms with Crippen molar-refractivity contribution in [3.8, 4) is 0 Å². The highest BCUT2D eigenvalue weighted by Gasteiger charge is 2.67. The lowest BCUT2D eigenvalue weighted by Crippen LogP contribution is -2.68. The van der Waals surface area contributed by atoms with Gasteiger partial charge in [-0.2, -0.15) is 0 Å². The Hall–Kier alpha value is -2.54. The molecule has 7 rings (SSSR count). The number of fused-ring (bicyclic) bond motifs is 7. The first-order valence-corrected chi connectivity index (χ1v) is 20.3. The number of aliphatic hydroxyl groups excluding tert-OH is 5. The topological polar surface area (TPSA) is 276 Å². The normalized spacial score (nSPS) is 51.9. The Kier molecular flexibility index (Phi) is 10.7. The van der Waals surface area contributed by atoms with Crippen LogP contribution in [0.15, 0.2) is 11.6 Å². The Balaban J connectivity index is 1.09. The predicted molar refractivity (Wildman–Crippen MR) is 187 cm³/mol. The average Bonchev–Trinajstić information content (AvgIpc) is 3.12. The van der Waals surface area contributed by atoms with E-state index >= 15 is 0 Å². The molecular weight excluding hydrogens is 748 g/mol. The zero-order valence-electron chi connectivity index (χ0n) is 33.3. The summed E-state index contributed by atoms with van der Waals surface area (Å²) in [4.78, 5) is 50.7. The Morgan fingerprint density at radius 1 is 0.684 bits per heavy atom. The quantitative estimate of drug-likeness (QED) is 0.172. The van der Waals surface area contributed by atoms with Gasteiger partial charge in [0.25, 0.3) is 0 Å². The summed E-state index contributed by atoms with van der Waals surface area (Å²) < 4.78 is 22.5. The molecule has 0 spiro atoms. The number of carbonyl (C=O) groups excluding carboxylic acids is 4. The monoisotopic (exact) mass is 805 g/mol. The van der Waals surface area contributed by atoms with Crippen LogP contribution < -0.4 is 15.3 Å². The molecule has 4 saturated carbocycles. The number of hydrogen-bond donors (Lipinski definition) is 5. The fourth-order valence-electron chi connectivity index (χ4n) is 13.1. The molecule has 320 valence electrons. The van der Waals surface area contributed by atoms with Crippen LogP contribution in [0.25, 0.3) is 0 Å². The first-order chi connectivity index (χ1) is 26.4. The maximum absolute atomic E-state index is 14.6. The van der Waals surface area contributed by atoms with Gasteiger partial charge in [-0.25, -0.2) is 0 Å². The van der Waals surface area contributed by atoms with E-state index in [1.165, 1.54) is 0 Å². The molecule has 0 aromatic heterocycles. The molecule has 16 heteroatoms. The molecule has 2 aliphatic heterocycles. The van der Waals surface area contributed by atoms with E-state index < -0.39 is 102 Å². The van der Waals surface area contributed by atoms with Gasteiger partial charge in [-0.15, -0.1) is 0 Å². The third kappa shape index (κ3) is 6.51. The van der Waals surface area contributed by atoms with Crippen LogP contribution in [0.1, 0.15) is 99.3 Å². The number of allylic oxidation sites excluding steroid dienone is 2. The predicted octanol–water partition coefficient (Wildman–Crippen LogP) is -2.15. The highest BCUT2D eigenvalue weighted by atomic mass is 16.7. The minimum atomic E-state index is -2.18. The Morgan fingerprint density at radius 3 is 1.91 bits per heavy atom. The fourth-order valence-corrected chi connectivity index (χ4v) is 13.1. The lowest BCUT2D eigenvalue weighted by molar-refractivity contribution is -0.386. The van der Waals surface area contributed by atoms with Crippen molar-refractivity contribution >= 4 is 23.7 Å². The highest BCUT2D eigenvalue weighted by molar-refractivity contribution is 5.95. The number of hydrogen-bond acceptors (Lipinski definition) is 16. The molecule has 6 fully saturated rings. The Morgan fingerprint density at radius 2 is 1.28 bits per heavy atom. The molecule has 0 radical (unpaired) electrons. The van der Waals surface area contributed by atoms with Crippen molar-refractivity contribution in [1.29, 1.82) is 0 Å². The molecule has 57 heavy (non-hydrogen) atoms. The van der Waals surface area contributed by atoms with Crippen LogP contribution in [-0.2, 0) is 38.1 Å². The largest absolute Gasteiger partial charge is 0.550 e. The summed E-state index contributed by atoms with van der Waals surface area (Å²) in [5.74, 6) is -5.10. The van der Waals surface area contributed by atoms with Crippen LogP contribution in [-0.4, -0.2) is 117 Å². The minimum absolute atomic E-state index is 0.0217. The van der Waals surface area contributed by atoms with E-state index in [4.69, 9.17) is 18.9 Å². The SMILES string of the molecule is CC1(C)C2CC[C@@]3(C)C4CC[C@@]5(C)CC[C@](C)(C(=O)[O-])C[C@H]5C4=CC(=O)C3[C@@]2(C)CC[C@@H]1O[C@@H]1O[C@H](C(=O)[O-])[C@@H](O[C@@H]2O[C@H](C(=O)[O-])[C@@H](O)[C@H](O)[C@H]2O)[C@H](O)[C@H]1O. The summed E-state index contributed by atoms with van der Waals surface area (Å²) in [6, 6.07) is 0. The molecular formula is C41H57O16-3. The number of carboxylic acid groups (broad SMARTS) is 3. The van der Waals surface area contributed by atoms with E-state index in [-0.39, 0.29) is 40.3 Å². The third-order valence-electron chi connectivity index (χ3n) is 16.4. The van der Waals surface area contributed by atoms with Gasteiger partial charge in [-0.3, -0.25) is 4.79 Å². The molecule has 0 amide bonds. The summed E-state index contributed by atoms with van der Waals surface area (Å²) in [6.07, 6.45) is -13.1. The summed E-state index contributed by atoms with van der Waals surface area (Å²) in [5, 5.41) is 89.1. The van der Waals surface area contributed by atoms with Gasteiger partial charge in [-0.1, -0.05) is 47.1 Å². The van der Waals surface area contributed by atoms with Crippen LogP contribution in [0.4, 0.5) is 0 Å². The van der Waals surface area contributed by atoms with Crippen LogP contribution in [0.5, 0.6) is 0 Å². The smallest absolute Gasteiger partial charge is 0.187 e.